The molecule has 0 aliphatic rings. The highest BCUT2D eigenvalue weighted by atomic mass is 16.3. The molecule has 0 heterocycles. The lowest BCUT2D eigenvalue weighted by molar-refractivity contribution is 0.167. The first-order valence-corrected chi connectivity index (χ1v) is 8.75. The number of rotatable bonds is 6. The first-order valence-electron chi connectivity index (χ1n) is 8.75. The minimum absolute atomic E-state index is 0.0351. The van der Waals surface area contributed by atoms with E-state index in [-0.39, 0.29) is 17.4 Å². The highest BCUT2D eigenvalue weighted by molar-refractivity contribution is 5.54. The summed E-state index contributed by atoms with van der Waals surface area (Å²) in [7, 11) is 0. The van der Waals surface area contributed by atoms with Gasteiger partial charge in [0.2, 0.25) is 0 Å². The summed E-state index contributed by atoms with van der Waals surface area (Å²) in [5, 5.41) is 33.0. The van der Waals surface area contributed by atoms with Gasteiger partial charge in [-0.3, -0.25) is 0 Å². The molecule has 138 valence electrons. The molecule has 0 aliphatic carbocycles. The third-order valence-corrected chi connectivity index (χ3v) is 4.41. The van der Waals surface area contributed by atoms with Crippen molar-refractivity contribution >= 4 is 0 Å². The van der Waals surface area contributed by atoms with Crippen molar-refractivity contribution in [1.82, 2.24) is 5.32 Å². The minimum atomic E-state index is -0.607. The van der Waals surface area contributed by atoms with Gasteiger partial charge in [-0.2, -0.15) is 0 Å². The number of hydrogen-bond donors (Lipinski definition) is 4. The van der Waals surface area contributed by atoms with E-state index >= 15 is 0 Å². The second-order valence-electron chi connectivity index (χ2n) is 8.71. The van der Waals surface area contributed by atoms with Crippen molar-refractivity contribution in [2.45, 2.75) is 71.8 Å². The fourth-order valence-electron chi connectivity index (χ4n) is 3.08. The van der Waals surface area contributed by atoms with Crippen molar-refractivity contribution in [1.29, 1.82) is 0 Å². The molecule has 0 bridgehead atoms. The summed E-state index contributed by atoms with van der Waals surface area (Å²) in [6.07, 6.45) is -0.215. The molecule has 1 rings (SSSR count). The number of aromatic hydroxyl groups is 1. The predicted molar refractivity (Wildman–Crippen MR) is 99.9 cm³/mol. The van der Waals surface area contributed by atoms with E-state index in [1.165, 1.54) is 5.56 Å². The molecule has 4 nitrogen and oxygen atoms in total. The quantitative estimate of drug-likeness (QED) is 0.602. The molecule has 0 saturated carbocycles. The van der Waals surface area contributed by atoms with Crippen LogP contribution in [0.3, 0.4) is 0 Å². The molecule has 0 aliphatic heterocycles. The highest BCUT2D eigenvalue weighted by Gasteiger charge is 2.28. The molecule has 0 saturated heterocycles. The first-order chi connectivity index (χ1) is 10.9. The summed E-state index contributed by atoms with van der Waals surface area (Å²) in [5.74, 6) is 0.300. The zero-order valence-electron chi connectivity index (χ0n) is 16.3. The number of aliphatic hydroxyl groups excluding tert-OH is 2. The fraction of sp³-hybridized carbons (Fsp3) is 0.700. The molecule has 1 unspecified atom stereocenters. The molecular formula is C20H35NO3. The molecule has 1 aromatic carbocycles. The Morgan fingerprint density at radius 2 is 1.58 bits per heavy atom. The number of aliphatic hydroxyl groups is 2. The summed E-state index contributed by atoms with van der Waals surface area (Å²) in [5.41, 5.74) is 3.79. The van der Waals surface area contributed by atoms with Crippen molar-refractivity contribution in [3.63, 3.8) is 0 Å². The predicted octanol–water partition coefficient (Wildman–Crippen LogP) is 2.78. The van der Waals surface area contributed by atoms with Crippen LogP contribution in [-0.4, -0.2) is 41.1 Å². The smallest absolute Gasteiger partial charge is 0.122 e. The molecule has 4 N–H and O–H groups in total. The number of benzene rings is 1. The third-order valence-electron chi connectivity index (χ3n) is 4.41. The van der Waals surface area contributed by atoms with Gasteiger partial charge in [0.1, 0.15) is 5.75 Å². The maximum absolute atomic E-state index is 10.8. The lowest BCUT2D eigenvalue weighted by Crippen LogP contribution is -2.31. The number of nitrogens with one attached hydrogen (secondary N) is 1. The Morgan fingerprint density at radius 3 is 2.04 bits per heavy atom. The number of phenols is 1. The van der Waals surface area contributed by atoms with E-state index in [1.807, 2.05) is 6.92 Å². The van der Waals surface area contributed by atoms with Gasteiger partial charge in [0.25, 0.3) is 0 Å². The van der Waals surface area contributed by atoms with Crippen molar-refractivity contribution in [3.05, 3.63) is 28.3 Å². The zero-order chi connectivity index (χ0) is 18.7. The molecule has 4 heteroatoms. The van der Waals surface area contributed by atoms with Gasteiger partial charge < -0.3 is 20.6 Å². The maximum atomic E-state index is 10.8. The SMILES string of the molecule is Cc1c(C(C)(C)C)cc(C(C)(C)C)c(O)c1CC(O)CNCCO. The lowest BCUT2D eigenvalue weighted by atomic mass is 9.76. The van der Waals surface area contributed by atoms with Crippen molar-refractivity contribution in [2.75, 3.05) is 19.7 Å². The molecule has 1 aromatic rings. The van der Waals surface area contributed by atoms with Crippen LogP contribution in [0, 0.1) is 6.92 Å². The molecule has 0 aromatic heterocycles. The monoisotopic (exact) mass is 337 g/mol. The van der Waals surface area contributed by atoms with Crippen molar-refractivity contribution in [2.24, 2.45) is 0 Å². The van der Waals surface area contributed by atoms with Crippen molar-refractivity contribution in [3.8, 4) is 5.75 Å². The van der Waals surface area contributed by atoms with Gasteiger partial charge in [0.05, 0.1) is 12.7 Å². The average molecular weight is 338 g/mol. The Kier molecular flexibility index (Phi) is 6.85. The van der Waals surface area contributed by atoms with E-state index in [2.05, 4.69) is 52.9 Å². The van der Waals surface area contributed by atoms with E-state index in [9.17, 15) is 10.2 Å². The summed E-state index contributed by atoms with van der Waals surface area (Å²) >= 11 is 0. The van der Waals surface area contributed by atoms with Crippen LogP contribution in [0.1, 0.15) is 63.8 Å². The molecule has 0 amide bonds. The van der Waals surface area contributed by atoms with Crippen LogP contribution in [0.2, 0.25) is 0 Å². The average Bonchev–Trinajstić information content (AvgIpc) is 2.40. The van der Waals surface area contributed by atoms with Gasteiger partial charge in [0.15, 0.2) is 0 Å². The number of hydrogen-bond acceptors (Lipinski definition) is 4. The van der Waals surface area contributed by atoms with Crippen LogP contribution >= 0.6 is 0 Å². The molecule has 0 radical (unpaired) electrons. The van der Waals surface area contributed by atoms with E-state index in [1.54, 1.807) is 0 Å². The second-order valence-corrected chi connectivity index (χ2v) is 8.71. The van der Waals surface area contributed by atoms with Crippen LogP contribution in [-0.2, 0) is 17.3 Å². The van der Waals surface area contributed by atoms with Crippen molar-refractivity contribution < 1.29 is 15.3 Å². The van der Waals surface area contributed by atoms with Gasteiger partial charge in [-0.1, -0.05) is 47.6 Å². The summed E-state index contributed by atoms with van der Waals surface area (Å²) in [6, 6.07) is 2.12. The summed E-state index contributed by atoms with van der Waals surface area (Å²) in [6.45, 7) is 15.7. The van der Waals surface area contributed by atoms with Crippen LogP contribution in [0.4, 0.5) is 0 Å². The van der Waals surface area contributed by atoms with E-state index in [0.717, 1.165) is 16.7 Å². The fourth-order valence-corrected chi connectivity index (χ4v) is 3.08. The summed E-state index contributed by atoms with van der Waals surface area (Å²) < 4.78 is 0. The van der Waals surface area contributed by atoms with Gasteiger partial charge in [-0.05, 0) is 40.0 Å². The third kappa shape index (κ3) is 5.20. The van der Waals surface area contributed by atoms with E-state index < -0.39 is 6.10 Å². The topological polar surface area (TPSA) is 72.7 Å². The normalized spacial score (nSPS) is 14.0. The lowest BCUT2D eigenvalue weighted by Gasteiger charge is -2.30. The van der Waals surface area contributed by atoms with E-state index in [0.29, 0.717) is 25.3 Å². The molecule has 0 fully saturated rings. The van der Waals surface area contributed by atoms with Crippen LogP contribution in [0.25, 0.3) is 0 Å². The van der Waals surface area contributed by atoms with Crippen LogP contribution in [0.5, 0.6) is 5.75 Å². The molecule has 24 heavy (non-hydrogen) atoms. The van der Waals surface area contributed by atoms with Gasteiger partial charge in [-0.15, -0.1) is 0 Å². The highest BCUT2D eigenvalue weighted by Crippen LogP contribution is 2.40. The molecule has 1 atom stereocenters. The largest absolute Gasteiger partial charge is 0.507 e. The Balaban J connectivity index is 3.31. The Hall–Kier alpha value is -1.10. The zero-order valence-corrected chi connectivity index (χ0v) is 16.3. The van der Waals surface area contributed by atoms with Gasteiger partial charge >= 0.3 is 0 Å². The second kappa shape index (κ2) is 7.85. The Bertz CT molecular complexity index is 515. The maximum Gasteiger partial charge on any atom is 0.122 e. The molecular weight excluding hydrogens is 302 g/mol. The van der Waals surface area contributed by atoms with Gasteiger partial charge in [0, 0.05) is 19.5 Å². The standard InChI is InChI=1S/C20H35NO3/c1-13-15(10-14(23)12-21-8-9-22)18(24)17(20(5,6)7)11-16(13)19(2,3)4/h11,14,21-24H,8-10,12H2,1-7H3. The summed E-state index contributed by atoms with van der Waals surface area (Å²) in [4.78, 5) is 0. The van der Waals surface area contributed by atoms with Crippen LogP contribution < -0.4 is 5.32 Å². The Morgan fingerprint density at radius 1 is 1.04 bits per heavy atom. The first kappa shape index (κ1) is 20.9. The minimum Gasteiger partial charge on any atom is -0.507 e. The van der Waals surface area contributed by atoms with Crippen LogP contribution in [0.15, 0.2) is 6.07 Å². The van der Waals surface area contributed by atoms with E-state index in [4.69, 9.17) is 5.11 Å². The Labute approximate surface area is 146 Å². The van der Waals surface area contributed by atoms with Gasteiger partial charge in [-0.25, -0.2) is 0 Å². The molecule has 0 spiro atoms. The number of phenolic OH excluding ortho intramolecular Hbond substituents is 1.